The third-order valence-electron chi connectivity index (χ3n) is 5.70. The van der Waals surface area contributed by atoms with E-state index in [1.54, 1.807) is 13.8 Å². The highest BCUT2D eigenvalue weighted by Crippen LogP contribution is 2.38. The maximum Gasteiger partial charge on any atom is 0.329 e. The fraction of sp³-hybridized carbons (Fsp3) is 0.625. The van der Waals surface area contributed by atoms with E-state index in [2.05, 4.69) is 10.6 Å². The lowest BCUT2D eigenvalue weighted by Crippen LogP contribution is -2.46. The van der Waals surface area contributed by atoms with Crippen molar-refractivity contribution in [3.05, 3.63) is 17.7 Å². The average Bonchev–Trinajstić information content (AvgIpc) is 3.08. The van der Waals surface area contributed by atoms with E-state index in [1.165, 1.54) is 46.3 Å². The van der Waals surface area contributed by atoms with Crippen molar-refractivity contribution in [1.82, 2.24) is 10.6 Å². The van der Waals surface area contributed by atoms with Gasteiger partial charge in [-0.2, -0.15) is 0 Å². The number of carbonyl (C=O) groups is 3. The zero-order valence-corrected chi connectivity index (χ0v) is 20.2. The van der Waals surface area contributed by atoms with Crippen LogP contribution in [0.3, 0.4) is 0 Å². The molecule has 0 bridgehead atoms. The van der Waals surface area contributed by atoms with E-state index >= 15 is 0 Å². The van der Waals surface area contributed by atoms with Gasteiger partial charge in [0, 0.05) is 11.6 Å². The van der Waals surface area contributed by atoms with Crippen LogP contribution in [0.2, 0.25) is 0 Å². The number of benzene rings is 1. The summed E-state index contributed by atoms with van der Waals surface area (Å²) in [5.74, 6) is -0.755. The molecule has 33 heavy (non-hydrogen) atoms. The molecule has 0 spiro atoms. The van der Waals surface area contributed by atoms with Gasteiger partial charge in [-0.15, -0.1) is 0 Å². The summed E-state index contributed by atoms with van der Waals surface area (Å²) < 4.78 is 21.1. The standard InChI is InChI=1S/C24H36N2O7/c1-15(2)21(24(29)33-14-20(27)25-17-10-8-6-7-9-11-17)26-23(28)16-12-18(30-3)22(32-5)19(13-16)31-4/h12-13,15,17,21H,6-11,14H2,1-5H3,(H,25,27)(H,26,28)/t21-/m0/s1. The number of ether oxygens (including phenoxy) is 4. The van der Waals surface area contributed by atoms with Gasteiger partial charge in [0.1, 0.15) is 6.04 Å². The number of esters is 1. The van der Waals surface area contributed by atoms with Crippen LogP contribution in [0.1, 0.15) is 62.7 Å². The van der Waals surface area contributed by atoms with Crippen LogP contribution in [0.25, 0.3) is 0 Å². The first-order valence-electron chi connectivity index (χ1n) is 11.4. The van der Waals surface area contributed by atoms with Crippen LogP contribution in [0.4, 0.5) is 0 Å². The Morgan fingerprint density at radius 3 is 2.00 bits per heavy atom. The Labute approximate surface area is 195 Å². The minimum atomic E-state index is -0.928. The number of rotatable bonds is 10. The Bertz CT molecular complexity index is 792. The smallest absolute Gasteiger partial charge is 0.329 e. The van der Waals surface area contributed by atoms with Gasteiger partial charge in [0.25, 0.3) is 11.8 Å². The third kappa shape index (κ3) is 7.54. The van der Waals surface area contributed by atoms with Gasteiger partial charge < -0.3 is 29.6 Å². The molecule has 0 unspecified atom stereocenters. The first kappa shape index (κ1) is 26.3. The van der Waals surface area contributed by atoms with Crippen LogP contribution in [0.15, 0.2) is 12.1 Å². The van der Waals surface area contributed by atoms with Crippen molar-refractivity contribution in [2.24, 2.45) is 5.92 Å². The summed E-state index contributed by atoms with van der Waals surface area (Å²) in [6.45, 7) is 3.19. The zero-order valence-electron chi connectivity index (χ0n) is 20.2. The fourth-order valence-electron chi connectivity index (χ4n) is 3.85. The largest absolute Gasteiger partial charge is 0.493 e. The van der Waals surface area contributed by atoms with Gasteiger partial charge in [-0.25, -0.2) is 4.79 Å². The number of amides is 2. The molecule has 9 nitrogen and oxygen atoms in total. The summed E-state index contributed by atoms with van der Waals surface area (Å²) in [4.78, 5) is 37.8. The van der Waals surface area contributed by atoms with E-state index in [1.807, 2.05) is 0 Å². The molecule has 0 saturated heterocycles. The molecule has 0 heterocycles. The number of carbonyl (C=O) groups excluding carboxylic acids is 3. The Hall–Kier alpha value is -2.97. The molecule has 1 saturated carbocycles. The molecule has 1 fully saturated rings. The zero-order chi connectivity index (χ0) is 24.4. The van der Waals surface area contributed by atoms with Gasteiger partial charge in [0.05, 0.1) is 21.3 Å². The van der Waals surface area contributed by atoms with Crippen molar-refractivity contribution in [3.8, 4) is 17.2 Å². The molecule has 2 N–H and O–H groups in total. The van der Waals surface area contributed by atoms with E-state index in [4.69, 9.17) is 18.9 Å². The van der Waals surface area contributed by atoms with Crippen molar-refractivity contribution in [3.63, 3.8) is 0 Å². The van der Waals surface area contributed by atoms with E-state index in [-0.39, 0.29) is 30.0 Å². The minimum absolute atomic E-state index is 0.124. The summed E-state index contributed by atoms with van der Waals surface area (Å²) >= 11 is 0. The van der Waals surface area contributed by atoms with Crippen molar-refractivity contribution in [1.29, 1.82) is 0 Å². The summed E-state index contributed by atoms with van der Waals surface area (Å²) in [5, 5.41) is 5.63. The van der Waals surface area contributed by atoms with Crippen molar-refractivity contribution < 1.29 is 33.3 Å². The van der Waals surface area contributed by atoms with Crippen LogP contribution < -0.4 is 24.8 Å². The summed E-state index contributed by atoms with van der Waals surface area (Å²) in [6, 6.07) is 2.20. The average molecular weight is 465 g/mol. The lowest BCUT2D eigenvalue weighted by molar-refractivity contribution is -0.151. The predicted octanol–water partition coefficient (Wildman–Crippen LogP) is 2.85. The van der Waals surface area contributed by atoms with E-state index in [0.717, 1.165) is 25.7 Å². The molecule has 0 radical (unpaired) electrons. The maximum absolute atomic E-state index is 12.9. The van der Waals surface area contributed by atoms with Crippen molar-refractivity contribution >= 4 is 17.8 Å². The lowest BCUT2D eigenvalue weighted by atomic mass is 10.0. The molecular formula is C24H36N2O7. The Morgan fingerprint density at radius 2 is 1.52 bits per heavy atom. The molecule has 1 aliphatic rings. The van der Waals surface area contributed by atoms with E-state index < -0.39 is 17.9 Å². The number of methoxy groups -OCH3 is 3. The highest BCUT2D eigenvalue weighted by atomic mass is 16.5. The van der Waals surface area contributed by atoms with Crippen LogP contribution >= 0.6 is 0 Å². The first-order valence-corrected chi connectivity index (χ1v) is 11.4. The van der Waals surface area contributed by atoms with Crippen LogP contribution in [-0.4, -0.2) is 57.8 Å². The summed E-state index contributed by atoms with van der Waals surface area (Å²) in [7, 11) is 4.37. The van der Waals surface area contributed by atoms with Gasteiger partial charge in [0.2, 0.25) is 5.75 Å². The van der Waals surface area contributed by atoms with Gasteiger partial charge in [0.15, 0.2) is 18.1 Å². The maximum atomic E-state index is 12.9. The number of nitrogens with one attached hydrogen (secondary N) is 2. The molecule has 1 aromatic rings. The second-order valence-electron chi connectivity index (χ2n) is 8.47. The molecule has 1 aliphatic carbocycles. The molecule has 2 rings (SSSR count). The predicted molar refractivity (Wildman–Crippen MR) is 123 cm³/mol. The van der Waals surface area contributed by atoms with E-state index in [9.17, 15) is 14.4 Å². The first-order chi connectivity index (χ1) is 15.8. The number of hydrogen-bond donors (Lipinski definition) is 2. The van der Waals surface area contributed by atoms with Gasteiger partial charge in [-0.1, -0.05) is 39.5 Å². The van der Waals surface area contributed by atoms with Crippen molar-refractivity contribution in [2.75, 3.05) is 27.9 Å². The molecule has 1 aromatic carbocycles. The van der Waals surface area contributed by atoms with Crippen molar-refractivity contribution in [2.45, 2.75) is 64.5 Å². The highest BCUT2D eigenvalue weighted by molar-refractivity contribution is 5.98. The van der Waals surface area contributed by atoms with Gasteiger partial charge in [-0.3, -0.25) is 9.59 Å². The molecule has 2 amide bonds. The quantitative estimate of drug-likeness (QED) is 0.404. The van der Waals surface area contributed by atoms with E-state index in [0.29, 0.717) is 17.2 Å². The topological polar surface area (TPSA) is 112 Å². The van der Waals surface area contributed by atoms with Gasteiger partial charge in [-0.05, 0) is 30.9 Å². The molecule has 0 aliphatic heterocycles. The SMILES string of the molecule is COc1cc(C(=O)N[C@H](C(=O)OCC(=O)NC2CCCCCC2)C(C)C)cc(OC)c1OC. The highest BCUT2D eigenvalue weighted by Gasteiger charge is 2.28. The molecular weight excluding hydrogens is 428 g/mol. The number of hydrogen-bond acceptors (Lipinski definition) is 7. The molecule has 0 aromatic heterocycles. The second-order valence-corrected chi connectivity index (χ2v) is 8.47. The Balaban J connectivity index is 2.00. The Morgan fingerprint density at radius 1 is 0.939 bits per heavy atom. The van der Waals surface area contributed by atoms with Crippen LogP contribution in [0, 0.1) is 5.92 Å². The summed E-state index contributed by atoms with van der Waals surface area (Å²) in [6.07, 6.45) is 6.44. The van der Waals surface area contributed by atoms with Gasteiger partial charge >= 0.3 is 5.97 Å². The molecule has 9 heteroatoms. The normalized spacial score (nSPS) is 15.2. The third-order valence-corrected chi connectivity index (χ3v) is 5.70. The fourth-order valence-corrected chi connectivity index (χ4v) is 3.85. The van der Waals surface area contributed by atoms with Crippen LogP contribution in [-0.2, 0) is 14.3 Å². The Kier molecular flexibility index (Phi) is 10.3. The minimum Gasteiger partial charge on any atom is -0.493 e. The molecule has 184 valence electrons. The second kappa shape index (κ2) is 12.9. The monoisotopic (exact) mass is 464 g/mol. The lowest BCUT2D eigenvalue weighted by Gasteiger charge is -2.22. The summed E-state index contributed by atoms with van der Waals surface area (Å²) in [5.41, 5.74) is 0.231. The molecule has 1 atom stereocenters. The van der Waals surface area contributed by atoms with Crippen LogP contribution in [0.5, 0.6) is 17.2 Å².